The van der Waals surface area contributed by atoms with E-state index in [9.17, 15) is 0 Å². The van der Waals surface area contributed by atoms with E-state index in [2.05, 4.69) is 0 Å². The van der Waals surface area contributed by atoms with E-state index in [1.165, 1.54) is 4.90 Å². The standard InChI is InChI=1S/C10H15NOS/c1-10(11,7-12)8-3-5-9(13-2)6-4-8/h3-6,12H,7,11H2,1-2H3. The molecule has 0 fully saturated rings. The average Bonchev–Trinajstić information content (AvgIpc) is 2.18. The van der Waals surface area contributed by atoms with Crippen molar-refractivity contribution in [2.24, 2.45) is 5.73 Å². The van der Waals surface area contributed by atoms with Gasteiger partial charge in [0.25, 0.3) is 0 Å². The molecule has 2 nitrogen and oxygen atoms in total. The van der Waals surface area contributed by atoms with Gasteiger partial charge >= 0.3 is 0 Å². The van der Waals surface area contributed by atoms with Crippen LogP contribution in [0, 0.1) is 0 Å². The van der Waals surface area contributed by atoms with E-state index in [1.54, 1.807) is 11.8 Å². The maximum atomic E-state index is 9.04. The van der Waals surface area contributed by atoms with Gasteiger partial charge < -0.3 is 10.8 Å². The summed E-state index contributed by atoms with van der Waals surface area (Å²) in [6.45, 7) is 1.78. The Hall–Kier alpha value is -0.510. The second-order valence-corrected chi connectivity index (χ2v) is 4.18. The van der Waals surface area contributed by atoms with Crippen LogP contribution in [-0.2, 0) is 5.54 Å². The van der Waals surface area contributed by atoms with Crippen LogP contribution in [0.4, 0.5) is 0 Å². The highest BCUT2D eigenvalue weighted by Gasteiger charge is 2.19. The molecule has 0 bridgehead atoms. The van der Waals surface area contributed by atoms with Gasteiger partial charge in [0.1, 0.15) is 0 Å². The third-order valence-electron chi connectivity index (χ3n) is 2.08. The topological polar surface area (TPSA) is 46.2 Å². The van der Waals surface area contributed by atoms with Crippen LogP contribution in [0.3, 0.4) is 0 Å². The lowest BCUT2D eigenvalue weighted by molar-refractivity contribution is 0.210. The van der Waals surface area contributed by atoms with Crippen molar-refractivity contribution >= 4 is 11.8 Å². The van der Waals surface area contributed by atoms with Gasteiger partial charge in [-0.15, -0.1) is 11.8 Å². The molecule has 1 unspecified atom stereocenters. The molecule has 0 saturated heterocycles. The van der Waals surface area contributed by atoms with Gasteiger partial charge in [0.2, 0.25) is 0 Å². The van der Waals surface area contributed by atoms with Gasteiger partial charge in [-0.25, -0.2) is 0 Å². The molecule has 0 saturated carbocycles. The second-order valence-electron chi connectivity index (χ2n) is 3.30. The summed E-state index contributed by atoms with van der Waals surface area (Å²) >= 11 is 1.69. The molecule has 1 atom stereocenters. The molecule has 0 heterocycles. The molecule has 3 N–H and O–H groups in total. The molecule has 13 heavy (non-hydrogen) atoms. The first kappa shape index (κ1) is 10.6. The number of hydrogen-bond acceptors (Lipinski definition) is 3. The first-order chi connectivity index (χ1) is 6.10. The normalized spacial score (nSPS) is 15.4. The molecule has 0 aliphatic carbocycles. The van der Waals surface area contributed by atoms with E-state index in [-0.39, 0.29) is 6.61 Å². The van der Waals surface area contributed by atoms with Crippen LogP contribution < -0.4 is 5.73 Å². The molecule has 0 aromatic heterocycles. The van der Waals surface area contributed by atoms with Crippen molar-refractivity contribution in [1.29, 1.82) is 0 Å². The van der Waals surface area contributed by atoms with Gasteiger partial charge in [-0.3, -0.25) is 0 Å². The van der Waals surface area contributed by atoms with Crippen LogP contribution in [0.5, 0.6) is 0 Å². The van der Waals surface area contributed by atoms with Gasteiger partial charge in [0.15, 0.2) is 0 Å². The predicted molar refractivity (Wildman–Crippen MR) is 56.8 cm³/mol. The van der Waals surface area contributed by atoms with E-state index in [4.69, 9.17) is 10.8 Å². The van der Waals surface area contributed by atoms with Gasteiger partial charge in [0.05, 0.1) is 12.1 Å². The Morgan fingerprint density at radius 1 is 1.38 bits per heavy atom. The van der Waals surface area contributed by atoms with E-state index < -0.39 is 5.54 Å². The quantitative estimate of drug-likeness (QED) is 0.723. The lowest BCUT2D eigenvalue weighted by Crippen LogP contribution is -2.36. The summed E-state index contributed by atoms with van der Waals surface area (Å²) in [7, 11) is 0. The fraction of sp³-hybridized carbons (Fsp3) is 0.400. The Labute approximate surface area is 83.1 Å². The van der Waals surface area contributed by atoms with Crippen LogP contribution >= 0.6 is 11.8 Å². The van der Waals surface area contributed by atoms with Crippen molar-refractivity contribution in [3.63, 3.8) is 0 Å². The zero-order valence-electron chi connectivity index (χ0n) is 7.95. The second kappa shape index (κ2) is 4.13. The summed E-state index contributed by atoms with van der Waals surface area (Å²) in [5.74, 6) is 0. The Kier molecular flexibility index (Phi) is 3.36. The highest BCUT2D eigenvalue weighted by molar-refractivity contribution is 7.98. The van der Waals surface area contributed by atoms with Crippen LogP contribution in [0.25, 0.3) is 0 Å². The van der Waals surface area contributed by atoms with Gasteiger partial charge in [0, 0.05) is 4.90 Å². The van der Waals surface area contributed by atoms with E-state index in [0.29, 0.717) is 0 Å². The number of aliphatic hydroxyl groups excluding tert-OH is 1. The van der Waals surface area contributed by atoms with Crippen molar-refractivity contribution in [3.05, 3.63) is 29.8 Å². The monoisotopic (exact) mass is 197 g/mol. The minimum atomic E-state index is -0.628. The molecule has 72 valence electrons. The highest BCUT2D eigenvalue weighted by atomic mass is 32.2. The number of thioether (sulfide) groups is 1. The van der Waals surface area contributed by atoms with E-state index >= 15 is 0 Å². The Bertz CT molecular complexity index is 269. The largest absolute Gasteiger partial charge is 0.394 e. The Morgan fingerprint density at radius 2 is 1.92 bits per heavy atom. The molecule has 1 rings (SSSR count). The van der Waals surface area contributed by atoms with Crippen molar-refractivity contribution in [2.45, 2.75) is 17.4 Å². The van der Waals surface area contributed by atoms with Crippen LogP contribution in [0.15, 0.2) is 29.2 Å². The molecule has 3 heteroatoms. The minimum Gasteiger partial charge on any atom is -0.394 e. The molecule has 1 aromatic carbocycles. The third-order valence-corrected chi connectivity index (χ3v) is 2.82. The molecule has 0 amide bonds. The van der Waals surface area contributed by atoms with Gasteiger partial charge in [-0.2, -0.15) is 0 Å². The molecular weight excluding hydrogens is 182 g/mol. The third kappa shape index (κ3) is 2.46. The molecule has 1 aromatic rings. The molecule has 0 aliphatic heterocycles. The molecule has 0 aliphatic rings. The van der Waals surface area contributed by atoms with Gasteiger partial charge in [-0.05, 0) is 30.9 Å². The zero-order chi connectivity index (χ0) is 9.90. The van der Waals surface area contributed by atoms with Crippen molar-refractivity contribution in [3.8, 4) is 0 Å². The number of hydrogen-bond donors (Lipinski definition) is 2. The predicted octanol–water partition coefficient (Wildman–Crippen LogP) is 1.57. The maximum absolute atomic E-state index is 9.04. The van der Waals surface area contributed by atoms with Crippen LogP contribution in [0.2, 0.25) is 0 Å². The summed E-state index contributed by atoms with van der Waals surface area (Å²) < 4.78 is 0. The summed E-state index contributed by atoms with van der Waals surface area (Å²) in [4.78, 5) is 1.21. The minimum absolute atomic E-state index is 0.0361. The van der Waals surface area contributed by atoms with Crippen LogP contribution in [0.1, 0.15) is 12.5 Å². The number of rotatable bonds is 3. The fourth-order valence-electron chi connectivity index (χ4n) is 1.06. The number of benzene rings is 1. The average molecular weight is 197 g/mol. The van der Waals surface area contributed by atoms with E-state index in [0.717, 1.165) is 5.56 Å². The zero-order valence-corrected chi connectivity index (χ0v) is 8.77. The summed E-state index contributed by atoms with van der Waals surface area (Å²) in [6, 6.07) is 7.95. The summed E-state index contributed by atoms with van der Waals surface area (Å²) in [6.07, 6.45) is 2.03. The SMILES string of the molecule is CSc1ccc(C(C)(N)CO)cc1. The van der Waals surface area contributed by atoms with Crippen LogP contribution in [-0.4, -0.2) is 18.0 Å². The first-order valence-corrected chi connectivity index (χ1v) is 5.37. The lowest BCUT2D eigenvalue weighted by Gasteiger charge is -2.22. The Morgan fingerprint density at radius 3 is 2.31 bits per heavy atom. The van der Waals surface area contributed by atoms with Gasteiger partial charge in [-0.1, -0.05) is 12.1 Å². The Balaban J connectivity index is 2.92. The lowest BCUT2D eigenvalue weighted by atomic mass is 9.94. The number of nitrogens with two attached hydrogens (primary N) is 1. The molecule has 0 radical (unpaired) electrons. The smallest absolute Gasteiger partial charge is 0.0650 e. The molecule has 0 spiro atoms. The summed E-state index contributed by atoms with van der Waals surface area (Å²) in [5.41, 5.74) is 6.21. The molecular formula is C10H15NOS. The first-order valence-electron chi connectivity index (χ1n) is 4.14. The number of aliphatic hydroxyl groups is 1. The highest BCUT2D eigenvalue weighted by Crippen LogP contribution is 2.21. The van der Waals surface area contributed by atoms with Crippen molar-refractivity contribution in [1.82, 2.24) is 0 Å². The van der Waals surface area contributed by atoms with Crippen molar-refractivity contribution in [2.75, 3.05) is 12.9 Å². The fourth-order valence-corrected chi connectivity index (χ4v) is 1.47. The van der Waals surface area contributed by atoms with E-state index in [1.807, 2.05) is 37.4 Å². The van der Waals surface area contributed by atoms with Crippen molar-refractivity contribution < 1.29 is 5.11 Å². The summed E-state index contributed by atoms with van der Waals surface area (Å²) in [5, 5.41) is 9.04. The maximum Gasteiger partial charge on any atom is 0.0650 e.